The molecule has 72 heavy (non-hydrogen) atoms. The van der Waals surface area contributed by atoms with Crippen LogP contribution in [0.5, 0.6) is 0 Å². The Morgan fingerprint density at radius 3 is 1.26 bits per heavy atom. The molecule has 1 nitrogen and oxygen atoms in total. The molecule has 0 bridgehead atoms. The molecule has 14 rings (SSSR count). The van der Waals surface area contributed by atoms with E-state index < -0.39 is 16.1 Å². The van der Waals surface area contributed by atoms with Gasteiger partial charge in [0.15, 0.2) is 16.1 Å². The van der Waals surface area contributed by atoms with Gasteiger partial charge in [0.05, 0.1) is 0 Å². The lowest BCUT2D eigenvalue weighted by atomic mass is 9.74. The van der Waals surface area contributed by atoms with Crippen LogP contribution in [-0.4, -0.2) is 16.1 Å². The van der Waals surface area contributed by atoms with Crippen LogP contribution in [0.3, 0.4) is 0 Å². The van der Waals surface area contributed by atoms with Gasteiger partial charge in [-0.25, -0.2) is 0 Å². The molecule has 11 aromatic carbocycles. The molecule has 340 valence electrons. The lowest BCUT2D eigenvalue weighted by molar-refractivity contribution is 0.714. The highest BCUT2D eigenvalue weighted by Gasteiger charge is 2.50. The molecule has 0 aromatic heterocycles. The largest absolute Gasteiger partial charge is 0.310 e. The average Bonchev–Trinajstić information content (AvgIpc) is 4.02. The monoisotopic (exact) mass is 949 g/mol. The topological polar surface area (TPSA) is 3.24 Å². The molecule has 3 aliphatic rings. The molecule has 0 spiro atoms. The summed E-state index contributed by atoms with van der Waals surface area (Å²) in [6.45, 7) is 4.73. The van der Waals surface area contributed by atoms with Gasteiger partial charge >= 0.3 is 0 Å². The van der Waals surface area contributed by atoms with E-state index in [4.69, 9.17) is 0 Å². The Bertz CT molecular complexity index is 3830. The van der Waals surface area contributed by atoms with Crippen molar-refractivity contribution in [1.82, 2.24) is 0 Å². The van der Waals surface area contributed by atoms with E-state index in [-0.39, 0.29) is 5.41 Å². The summed E-state index contributed by atoms with van der Waals surface area (Å²) in [4.78, 5) is 2.59. The number of aryl methyl sites for hydroxylation is 1. The summed E-state index contributed by atoms with van der Waals surface area (Å²) in [7, 11) is -5.68. The van der Waals surface area contributed by atoms with E-state index in [2.05, 4.69) is 292 Å². The maximum atomic E-state index is 2.59. The highest BCUT2D eigenvalue weighted by molar-refractivity contribution is 7.23. The Balaban J connectivity index is 1.06. The van der Waals surface area contributed by atoms with E-state index in [0.717, 1.165) is 17.1 Å². The van der Waals surface area contributed by atoms with Gasteiger partial charge in [0, 0.05) is 22.5 Å². The number of fused-ring (bicyclic) bond motifs is 9. The van der Waals surface area contributed by atoms with Crippen molar-refractivity contribution in [2.24, 2.45) is 0 Å². The van der Waals surface area contributed by atoms with Crippen molar-refractivity contribution in [3.63, 3.8) is 0 Å². The van der Waals surface area contributed by atoms with Crippen LogP contribution in [0.1, 0.15) is 29.2 Å². The van der Waals surface area contributed by atoms with Crippen LogP contribution in [0.25, 0.3) is 33.4 Å². The predicted octanol–water partition coefficient (Wildman–Crippen LogP) is 11.5. The minimum atomic E-state index is -2.85. The van der Waals surface area contributed by atoms with Crippen LogP contribution >= 0.6 is 0 Å². The summed E-state index contributed by atoms with van der Waals surface area (Å²) in [5, 5.41) is 11.3. The predicted molar refractivity (Wildman–Crippen MR) is 309 cm³/mol. The van der Waals surface area contributed by atoms with Gasteiger partial charge in [0.2, 0.25) is 0 Å². The Labute approximate surface area is 425 Å². The number of hydrogen-bond donors (Lipinski definition) is 0. The minimum Gasteiger partial charge on any atom is -0.310 e. The van der Waals surface area contributed by atoms with Gasteiger partial charge in [-0.1, -0.05) is 237 Å². The van der Waals surface area contributed by atoms with Crippen LogP contribution in [-0.2, 0) is 5.41 Å². The number of rotatable bonds is 8. The molecule has 2 aliphatic heterocycles. The van der Waals surface area contributed by atoms with E-state index in [1.807, 2.05) is 0 Å². The molecule has 0 amide bonds. The fraction of sp³-hybridized carbons (Fsp3) is 0.0435. The fourth-order valence-corrected chi connectivity index (χ4v) is 24.1. The fourth-order valence-electron chi connectivity index (χ4n) is 13.6. The van der Waals surface area contributed by atoms with E-state index in [9.17, 15) is 0 Å². The first kappa shape index (κ1) is 42.5. The van der Waals surface area contributed by atoms with Crippen LogP contribution in [0.2, 0.25) is 0 Å². The van der Waals surface area contributed by atoms with E-state index >= 15 is 0 Å². The van der Waals surface area contributed by atoms with Crippen molar-refractivity contribution in [3.8, 4) is 33.4 Å². The zero-order valence-electron chi connectivity index (χ0n) is 40.4. The molecule has 0 saturated heterocycles. The number of benzene rings is 11. The molecule has 0 saturated carbocycles. The lowest BCUT2D eigenvalue weighted by Gasteiger charge is -2.35. The Hall–Kier alpha value is -8.35. The molecular formula is C69H51NSi2. The first-order valence-corrected chi connectivity index (χ1v) is 29.3. The minimum absolute atomic E-state index is 0.364. The third-order valence-electron chi connectivity index (χ3n) is 16.5. The first-order chi connectivity index (χ1) is 35.5. The van der Waals surface area contributed by atoms with E-state index in [0.29, 0.717) is 0 Å². The summed E-state index contributed by atoms with van der Waals surface area (Å²) in [5.41, 5.74) is 16.3. The highest BCUT2D eigenvalue weighted by Crippen LogP contribution is 2.54. The average molecular weight is 950 g/mol. The summed E-state index contributed by atoms with van der Waals surface area (Å²) >= 11 is 0. The number of hydrogen-bond acceptors (Lipinski definition) is 1. The van der Waals surface area contributed by atoms with Gasteiger partial charge in [-0.2, -0.15) is 0 Å². The van der Waals surface area contributed by atoms with Crippen LogP contribution in [0.15, 0.2) is 273 Å². The molecule has 2 heterocycles. The molecule has 11 aromatic rings. The summed E-state index contributed by atoms with van der Waals surface area (Å²) in [6.07, 6.45) is 0. The van der Waals surface area contributed by atoms with Crippen molar-refractivity contribution in [3.05, 3.63) is 295 Å². The third kappa shape index (κ3) is 5.93. The molecule has 1 aliphatic carbocycles. The maximum Gasteiger partial charge on any atom is 0.180 e. The molecule has 1 atom stereocenters. The number of nitrogens with zero attached hydrogens (tertiary/aromatic N) is 1. The second-order valence-electron chi connectivity index (χ2n) is 20.1. The quantitative estimate of drug-likeness (QED) is 0.137. The van der Waals surface area contributed by atoms with Gasteiger partial charge in [-0.05, 0) is 147 Å². The summed E-state index contributed by atoms with van der Waals surface area (Å²) in [5.74, 6) is 0. The SMILES string of the molecule is Cc1cc(N(c2cccc([Si]3(c4ccccc4)c4ccccc4-c4ccccc43)c2)c2ccc3c(c2)C(C)(c2ccccc2)c2ccccc2-3)cc([Si]2(c3ccccc3)c3ccccc3-c3ccccc32)c1. The Morgan fingerprint density at radius 2 is 0.708 bits per heavy atom. The van der Waals surface area contributed by atoms with Gasteiger partial charge < -0.3 is 4.90 Å². The van der Waals surface area contributed by atoms with Crippen molar-refractivity contribution in [2.75, 3.05) is 4.90 Å². The molecule has 3 heteroatoms. The van der Waals surface area contributed by atoms with E-state index in [1.165, 1.54) is 97.1 Å². The Morgan fingerprint density at radius 1 is 0.292 bits per heavy atom. The van der Waals surface area contributed by atoms with Crippen LogP contribution in [0.4, 0.5) is 17.1 Å². The molecule has 0 radical (unpaired) electrons. The third-order valence-corrected chi connectivity index (χ3v) is 26.2. The lowest BCUT2D eigenvalue weighted by Crippen LogP contribution is -2.73. The summed E-state index contributed by atoms with van der Waals surface area (Å²) < 4.78 is 0. The van der Waals surface area contributed by atoms with Crippen molar-refractivity contribution in [2.45, 2.75) is 19.3 Å². The second kappa shape index (κ2) is 16.4. The molecule has 0 fully saturated rings. The van der Waals surface area contributed by atoms with Crippen LogP contribution in [0, 0.1) is 6.92 Å². The molecule has 1 unspecified atom stereocenters. The number of anilines is 3. The Kier molecular flexibility index (Phi) is 9.66. The normalized spacial score (nSPS) is 15.9. The van der Waals surface area contributed by atoms with Gasteiger partial charge in [0.1, 0.15) is 0 Å². The summed E-state index contributed by atoms with van der Waals surface area (Å²) in [6, 6.07) is 104. The zero-order chi connectivity index (χ0) is 48.0. The first-order valence-electron chi connectivity index (χ1n) is 25.3. The van der Waals surface area contributed by atoms with Crippen molar-refractivity contribution >= 4 is 74.7 Å². The van der Waals surface area contributed by atoms with Gasteiger partial charge in [0.25, 0.3) is 0 Å². The van der Waals surface area contributed by atoms with Crippen LogP contribution < -0.4 is 46.4 Å². The second-order valence-corrected chi connectivity index (χ2v) is 27.6. The maximum absolute atomic E-state index is 2.85. The van der Waals surface area contributed by atoms with Gasteiger partial charge in [-0.15, -0.1) is 0 Å². The smallest absolute Gasteiger partial charge is 0.180 e. The highest BCUT2D eigenvalue weighted by atomic mass is 28.3. The van der Waals surface area contributed by atoms with Crippen molar-refractivity contribution in [1.29, 1.82) is 0 Å². The van der Waals surface area contributed by atoms with Crippen molar-refractivity contribution < 1.29 is 0 Å². The standard InChI is InChI=1S/C69H51NSi2/c1-48-43-52(46-56(44-48)72(54-28-10-5-11-29-54)67-39-20-15-34-61(67)62-35-16-21-40-68(62)72)70(51-41-42-58-57-31-12-17-36-63(57)69(2,64(58)47-51)49-23-6-3-7-24-49)50-25-22-30-55(45-50)71(53-26-8-4-9-27-53)65-37-18-13-32-59(65)60-33-14-19-38-66(60)71/h3-47H,1-2H3. The zero-order valence-corrected chi connectivity index (χ0v) is 42.4. The van der Waals surface area contributed by atoms with Gasteiger partial charge in [-0.3, -0.25) is 0 Å². The van der Waals surface area contributed by atoms with E-state index in [1.54, 1.807) is 0 Å². The molecular weight excluding hydrogens is 899 g/mol. The molecule has 0 N–H and O–H groups in total.